The molecule has 1 aliphatic carbocycles. The maximum absolute atomic E-state index is 13.3. The predicted molar refractivity (Wildman–Crippen MR) is 95.8 cm³/mol. The van der Waals surface area contributed by atoms with Crippen LogP contribution in [0.25, 0.3) is 11.3 Å². The van der Waals surface area contributed by atoms with E-state index in [0.29, 0.717) is 5.56 Å². The van der Waals surface area contributed by atoms with Gasteiger partial charge in [0.25, 0.3) is 0 Å². The molecule has 3 nitrogen and oxygen atoms in total. The van der Waals surface area contributed by atoms with Gasteiger partial charge in [-0.3, -0.25) is 4.68 Å². The third-order valence-corrected chi connectivity index (χ3v) is 4.47. The lowest BCUT2D eigenvalue weighted by Crippen LogP contribution is -2.34. The molecule has 0 unspecified atom stereocenters. The minimum Gasteiger partial charge on any atom is -0.266 e. The molecule has 3 rings (SSSR count). The quantitative estimate of drug-likeness (QED) is 0.700. The fourth-order valence-electron chi connectivity index (χ4n) is 3.30. The van der Waals surface area contributed by atoms with Gasteiger partial charge in [0.15, 0.2) is 0 Å². The van der Waals surface area contributed by atoms with Crippen molar-refractivity contribution in [1.29, 1.82) is 5.26 Å². The Bertz CT molecular complexity index is 759. The van der Waals surface area contributed by atoms with Gasteiger partial charge >= 0.3 is 0 Å². The summed E-state index contributed by atoms with van der Waals surface area (Å²) in [5.74, 6) is -2.71. The van der Waals surface area contributed by atoms with E-state index in [4.69, 9.17) is 5.26 Å². The molecular formula is C20H25F2N3. The van der Waals surface area contributed by atoms with Crippen LogP contribution in [0.5, 0.6) is 0 Å². The summed E-state index contributed by atoms with van der Waals surface area (Å²) in [7, 11) is 0. The summed E-state index contributed by atoms with van der Waals surface area (Å²) in [6, 6.07) is 9.40. The van der Waals surface area contributed by atoms with Crippen molar-refractivity contribution >= 4 is 0 Å². The van der Waals surface area contributed by atoms with Crippen LogP contribution in [0.3, 0.4) is 0 Å². The predicted octanol–water partition coefficient (Wildman–Crippen LogP) is 5.85. The van der Waals surface area contributed by atoms with E-state index >= 15 is 0 Å². The summed E-state index contributed by atoms with van der Waals surface area (Å²) in [5.41, 5.74) is 4.09. The Labute approximate surface area is 148 Å². The van der Waals surface area contributed by atoms with E-state index in [1.54, 1.807) is 12.1 Å². The molecule has 2 aromatic rings. The summed E-state index contributed by atoms with van der Waals surface area (Å²) in [6.07, 6.45) is -0.220. The van der Waals surface area contributed by atoms with Crippen LogP contribution in [-0.2, 0) is 0 Å². The maximum atomic E-state index is 13.3. The highest BCUT2D eigenvalue weighted by Gasteiger charge is 2.48. The molecule has 1 fully saturated rings. The Hall–Kier alpha value is -2.22. The van der Waals surface area contributed by atoms with Crippen molar-refractivity contribution in [1.82, 2.24) is 9.78 Å². The van der Waals surface area contributed by atoms with Crippen LogP contribution in [0.2, 0.25) is 0 Å². The molecule has 0 spiro atoms. The highest BCUT2D eigenvalue weighted by Crippen LogP contribution is 2.51. The Morgan fingerprint density at radius 1 is 1.20 bits per heavy atom. The number of nitriles is 1. The van der Waals surface area contributed by atoms with Crippen molar-refractivity contribution in [3.63, 3.8) is 0 Å². The molecule has 1 heterocycles. The van der Waals surface area contributed by atoms with Gasteiger partial charge in [0.1, 0.15) is 0 Å². The van der Waals surface area contributed by atoms with Gasteiger partial charge in [-0.1, -0.05) is 26.0 Å². The molecule has 1 aromatic carbocycles. The van der Waals surface area contributed by atoms with E-state index in [0.717, 1.165) is 22.5 Å². The SMILES string of the molecule is CC.Cc1c(C2CC(F)(F)C2)c(-c2ccc(C#N)cc2)nn1C(C)C. The van der Waals surface area contributed by atoms with Crippen molar-refractivity contribution in [2.45, 2.75) is 65.3 Å². The second-order valence-corrected chi connectivity index (χ2v) is 6.54. The second kappa shape index (κ2) is 7.35. The molecule has 0 atom stereocenters. The van der Waals surface area contributed by atoms with Gasteiger partial charge in [-0.15, -0.1) is 0 Å². The van der Waals surface area contributed by atoms with E-state index in [2.05, 4.69) is 11.2 Å². The summed E-state index contributed by atoms with van der Waals surface area (Å²) in [5, 5.41) is 13.6. The molecule has 1 saturated carbocycles. The summed E-state index contributed by atoms with van der Waals surface area (Å²) < 4.78 is 28.6. The first-order valence-corrected chi connectivity index (χ1v) is 8.80. The highest BCUT2D eigenvalue weighted by molar-refractivity contribution is 5.66. The lowest BCUT2D eigenvalue weighted by Gasteiger charge is -2.35. The average molecular weight is 345 g/mol. The molecule has 5 heteroatoms. The third kappa shape index (κ3) is 3.73. The largest absolute Gasteiger partial charge is 0.266 e. The number of alkyl halides is 2. The van der Waals surface area contributed by atoms with Crippen LogP contribution >= 0.6 is 0 Å². The molecule has 0 aliphatic heterocycles. The molecule has 0 amide bonds. The summed E-state index contributed by atoms with van der Waals surface area (Å²) >= 11 is 0. The van der Waals surface area contributed by atoms with Gasteiger partial charge in [-0.05, 0) is 38.8 Å². The minimum atomic E-state index is -2.56. The van der Waals surface area contributed by atoms with Gasteiger partial charge in [0.05, 0.1) is 17.3 Å². The van der Waals surface area contributed by atoms with E-state index < -0.39 is 5.92 Å². The first-order valence-electron chi connectivity index (χ1n) is 8.80. The fraction of sp³-hybridized carbons (Fsp3) is 0.500. The van der Waals surface area contributed by atoms with E-state index in [1.807, 2.05) is 51.4 Å². The Kier molecular flexibility index (Phi) is 5.62. The van der Waals surface area contributed by atoms with Crippen LogP contribution < -0.4 is 0 Å². The lowest BCUT2D eigenvalue weighted by molar-refractivity contribution is -0.0867. The van der Waals surface area contributed by atoms with Crippen molar-refractivity contribution in [2.24, 2.45) is 0 Å². The van der Waals surface area contributed by atoms with Crippen LogP contribution in [0.1, 0.15) is 69.3 Å². The van der Waals surface area contributed by atoms with Crippen LogP contribution in [0.15, 0.2) is 24.3 Å². The molecule has 25 heavy (non-hydrogen) atoms. The maximum Gasteiger partial charge on any atom is 0.249 e. The Morgan fingerprint density at radius 3 is 2.20 bits per heavy atom. The van der Waals surface area contributed by atoms with E-state index in [1.165, 1.54) is 0 Å². The van der Waals surface area contributed by atoms with Gasteiger partial charge in [0.2, 0.25) is 5.92 Å². The highest BCUT2D eigenvalue weighted by atomic mass is 19.3. The van der Waals surface area contributed by atoms with Gasteiger partial charge in [-0.2, -0.15) is 10.4 Å². The van der Waals surface area contributed by atoms with Crippen LogP contribution in [0, 0.1) is 18.3 Å². The Balaban J connectivity index is 0.00000109. The number of hydrogen-bond acceptors (Lipinski definition) is 2. The lowest BCUT2D eigenvalue weighted by atomic mass is 9.75. The summed E-state index contributed by atoms with van der Waals surface area (Å²) in [4.78, 5) is 0. The number of aromatic nitrogens is 2. The number of rotatable bonds is 3. The number of hydrogen-bond donors (Lipinski definition) is 0. The van der Waals surface area contributed by atoms with Crippen molar-refractivity contribution in [2.75, 3.05) is 0 Å². The fourth-order valence-corrected chi connectivity index (χ4v) is 3.30. The zero-order valence-corrected chi connectivity index (χ0v) is 15.5. The molecule has 0 N–H and O–H groups in total. The smallest absolute Gasteiger partial charge is 0.249 e. The molecule has 0 saturated heterocycles. The minimum absolute atomic E-state index is 0.110. The second-order valence-electron chi connectivity index (χ2n) is 6.54. The molecule has 0 radical (unpaired) electrons. The topological polar surface area (TPSA) is 41.6 Å². The number of benzene rings is 1. The van der Waals surface area contributed by atoms with Crippen LogP contribution in [0.4, 0.5) is 8.78 Å². The van der Waals surface area contributed by atoms with Gasteiger partial charge in [-0.25, -0.2) is 8.78 Å². The van der Waals surface area contributed by atoms with E-state index in [9.17, 15) is 8.78 Å². The standard InChI is InChI=1S/C18H19F2N3.C2H6/c1-11(2)23-12(3)16(15-8-18(19,20)9-15)17(22-23)14-6-4-13(10-21)5-7-14;1-2/h4-7,11,15H,8-9H2,1-3H3;1-2H3. The Morgan fingerprint density at radius 2 is 1.76 bits per heavy atom. The van der Waals surface area contributed by atoms with Crippen molar-refractivity contribution < 1.29 is 8.78 Å². The first-order chi connectivity index (χ1) is 11.8. The monoisotopic (exact) mass is 345 g/mol. The molecule has 1 aromatic heterocycles. The van der Waals surface area contributed by atoms with Crippen molar-refractivity contribution in [3.05, 3.63) is 41.1 Å². The number of nitrogens with zero attached hydrogens (tertiary/aromatic N) is 3. The third-order valence-electron chi connectivity index (χ3n) is 4.47. The van der Waals surface area contributed by atoms with Gasteiger partial charge in [0, 0.05) is 35.7 Å². The number of halogens is 2. The molecule has 0 bridgehead atoms. The van der Waals surface area contributed by atoms with Crippen LogP contribution in [-0.4, -0.2) is 15.7 Å². The zero-order valence-electron chi connectivity index (χ0n) is 15.5. The molecular weight excluding hydrogens is 320 g/mol. The average Bonchev–Trinajstić information content (AvgIpc) is 2.92. The summed E-state index contributed by atoms with van der Waals surface area (Å²) in [6.45, 7) is 10.0. The normalized spacial score (nSPS) is 16.0. The van der Waals surface area contributed by atoms with Crippen molar-refractivity contribution in [3.8, 4) is 17.3 Å². The zero-order chi connectivity index (χ0) is 18.8. The van der Waals surface area contributed by atoms with Gasteiger partial charge < -0.3 is 0 Å². The molecule has 134 valence electrons. The molecule has 1 aliphatic rings. The first kappa shape index (κ1) is 19.1. The van der Waals surface area contributed by atoms with E-state index in [-0.39, 0.29) is 24.8 Å².